The second-order valence-electron chi connectivity index (χ2n) is 5.36. The molecular weight excluding hydrogens is 394 g/mol. The molecule has 0 saturated carbocycles. The van der Waals surface area contributed by atoms with E-state index >= 15 is 0 Å². The molecule has 26 heavy (non-hydrogen) atoms. The molecule has 2 atom stereocenters. The summed E-state index contributed by atoms with van der Waals surface area (Å²) in [7, 11) is 0. The molecule has 0 aromatic carbocycles. The van der Waals surface area contributed by atoms with Gasteiger partial charge in [0, 0.05) is 0 Å². The third-order valence-corrected chi connectivity index (χ3v) is 3.23. The molecule has 0 aromatic rings. The van der Waals surface area contributed by atoms with Crippen molar-refractivity contribution < 1.29 is 58.2 Å². The smallest absolute Gasteiger partial charge is 0.431 e. The lowest BCUT2D eigenvalue weighted by molar-refractivity contribution is -0.292. The minimum Gasteiger partial charge on any atom is -0.431 e. The Morgan fingerprint density at radius 3 is 1.15 bits per heavy atom. The second kappa shape index (κ2) is 8.51. The van der Waals surface area contributed by atoms with Crippen LogP contribution in [0.4, 0.5) is 48.7 Å². The Kier molecular flexibility index (Phi) is 8.04. The molecule has 0 spiro atoms. The van der Waals surface area contributed by atoms with E-state index in [4.69, 9.17) is 0 Å². The molecule has 0 N–H and O–H groups in total. The largest absolute Gasteiger partial charge is 0.508 e. The van der Waals surface area contributed by atoms with E-state index in [1.807, 2.05) is 0 Å². The zero-order chi connectivity index (χ0) is 21.0. The van der Waals surface area contributed by atoms with Gasteiger partial charge in [-0.15, -0.1) is 0 Å². The average molecular weight is 410 g/mol. The predicted octanol–water partition coefficient (Wildman–Crippen LogP) is 5.87. The third kappa shape index (κ3) is 7.06. The fourth-order valence-corrected chi connectivity index (χ4v) is 1.64. The van der Waals surface area contributed by atoms with E-state index in [9.17, 15) is 48.7 Å². The first-order valence-electron chi connectivity index (χ1n) is 7.23. The van der Waals surface area contributed by atoms with Crippen LogP contribution < -0.4 is 0 Å². The van der Waals surface area contributed by atoms with E-state index < -0.39 is 68.2 Å². The molecule has 0 rings (SSSR count). The number of ether oxygens (including phenoxy) is 2. The van der Waals surface area contributed by atoms with Gasteiger partial charge in [0.1, 0.15) is 12.2 Å². The lowest BCUT2D eigenvalue weighted by atomic mass is 10.1. The zero-order valence-corrected chi connectivity index (χ0v) is 13.5. The van der Waals surface area contributed by atoms with Gasteiger partial charge in [0.2, 0.25) is 0 Å². The summed E-state index contributed by atoms with van der Waals surface area (Å²) >= 11 is 0. The zero-order valence-electron chi connectivity index (χ0n) is 13.5. The van der Waals surface area contributed by atoms with Crippen molar-refractivity contribution in [1.29, 1.82) is 0 Å². The maximum atomic E-state index is 12.9. The molecule has 0 fully saturated rings. The number of carbonyl (C=O) groups excluding carboxylic acids is 1. The van der Waals surface area contributed by atoms with Crippen LogP contribution in [-0.4, -0.2) is 42.6 Å². The molecule has 0 aliphatic heterocycles. The average Bonchev–Trinajstić information content (AvgIpc) is 2.42. The molecule has 0 aliphatic rings. The van der Waals surface area contributed by atoms with Crippen molar-refractivity contribution in [2.45, 2.75) is 75.9 Å². The van der Waals surface area contributed by atoms with Crippen LogP contribution in [-0.2, 0) is 9.47 Å². The predicted molar refractivity (Wildman–Crippen MR) is 67.0 cm³/mol. The van der Waals surface area contributed by atoms with Crippen molar-refractivity contribution in [1.82, 2.24) is 0 Å². The van der Waals surface area contributed by atoms with Crippen molar-refractivity contribution in [3.05, 3.63) is 0 Å². The molecule has 2 unspecified atom stereocenters. The lowest BCUT2D eigenvalue weighted by Crippen LogP contribution is -2.42. The quantitative estimate of drug-likeness (QED) is 0.371. The highest BCUT2D eigenvalue weighted by atomic mass is 19.4. The summed E-state index contributed by atoms with van der Waals surface area (Å²) in [6, 6.07) is 0. The van der Waals surface area contributed by atoms with Gasteiger partial charge >= 0.3 is 30.4 Å². The number of hydrogen-bond acceptors (Lipinski definition) is 3. The Morgan fingerprint density at radius 1 is 0.692 bits per heavy atom. The summed E-state index contributed by atoms with van der Waals surface area (Å²) in [6.07, 6.45) is -22.6. The van der Waals surface area contributed by atoms with Crippen LogP contribution in [0.3, 0.4) is 0 Å². The molecule has 0 aromatic heterocycles. The fraction of sp³-hybridized carbons (Fsp3) is 0.923. The van der Waals surface area contributed by atoms with Crippen LogP contribution in [0, 0.1) is 0 Å². The van der Waals surface area contributed by atoms with Crippen molar-refractivity contribution in [3.63, 3.8) is 0 Å². The Bertz CT molecular complexity index is 418. The molecule has 0 bridgehead atoms. The highest BCUT2D eigenvalue weighted by molar-refractivity contribution is 5.60. The van der Waals surface area contributed by atoms with E-state index in [0.29, 0.717) is 0 Å². The van der Waals surface area contributed by atoms with Gasteiger partial charge < -0.3 is 9.47 Å². The summed E-state index contributed by atoms with van der Waals surface area (Å²) < 4.78 is 133. The van der Waals surface area contributed by atoms with Gasteiger partial charge in [-0.3, -0.25) is 0 Å². The van der Waals surface area contributed by atoms with E-state index in [1.165, 1.54) is 0 Å². The number of rotatable bonds is 8. The topological polar surface area (TPSA) is 35.5 Å². The van der Waals surface area contributed by atoms with Gasteiger partial charge in [-0.1, -0.05) is 13.8 Å². The van der Waals surface area contributed by atoms with Crippen LogP contribution >= 0.6 is 0 Å². The fourth-order valence-electron chi connectivity index (χ4n) is 1.64. The van der Waals surface area contributed by atoms with Gasteiger partial charge in [-0.05, 0) is 12.8 Å². The van der Waals surface area contributed by atoms with Crippen LogP contribution in [0.25, 0.3) is 0 Å². The first-order valence-corrected chi connectivity index (χ1v) is 7.23. The Labute approximate surface area is 141 Å². The Morgan fingerprint density at radius 2 is 0.962 bits per heavy atom. The highest BCUT2D eigenvalue weighted by Crippen LogP contribution is 2.41. The molecule has 156 valence electrons. The normalized spacial score (nSPS) is 16.2. The molecule has 0 radical (unpaired) electrons. The maximum absolute atomic E-state index is 12.9. The summed E-state index contributed by atoms with van der Waals surface area (Å²) in [5, 5.41) is 0. The third-order valence-electron chi connectivity index (χ3n) is 3.23. The molecule has 13 heteroatoms. The summed E-state index contributed by atoms with van der Waals surface area (Å²) in [6.45, 7) is 2.19. The van der Waals surface area contributed by atoms with Crippen LogP contribution in [0.15, 0.2) is 0 Å². The molecule has 0 saturated heterocycles. The van der Waals surface area contributed by atoms with E-state index in [-0.39, 0.29) is 0 Å². The number of hydrogen-bond donors (Lipinski definition) is 0. The first-order chi connectivity index (χ1) is 11.5. The lowest BCUT2D eigenvalue weighted by Gasteiger charge is -2.26. The van der Waals surface area contributed by atoms with Crippen molar-refractivity contribution >= 4 is 6.16 Å². The van der Waals surface area contributed by atoms with E-state index in [2.05, 4.69) is 9.47 Å². The molecular formula is C13H16F10O3. The molecule has 0 heterocycles. The van der Waals surface area contributed by atoms with Gasteiger partial charge in [-0.2, -0.15) is 43.9 Å². The van der Waals surface area contributed by atoms with Gasteiger partial charge in [0.25, 0.3) is 0 Å². The van der Waals surface area contributed by atoms with E-state index in [0.717, 1.165) is 13.8 Å². The van der Waals surface area contributed by atoms with Gasteiger partial charge in [0.05, 0.1) is 12.8 Å². The maximum Gasteiger partial charge on any atom is 0.508 e. The van der Waals surface area contributed by atoms with Gasteiger partial charge in [-0.25, -0.2) is 4.79 Å². The SMILES string of the molecule is CCC(CC(F)(F)C(F)(F)F)OC(=O)OC(CC)CC(F)(F)C(F)(F)F. The van der Waals surface area contributed by atoms with Crippen LogP contribution in [0.5, 0.6) is 0 Å². The van der Waals surface area contributed by atoms with Crippen LogP contribution in [0.2, 0.25) is 0 Å². The summed E-state index contributed by atoms with van der Waals surface area (Å²) in [5.41, 5.74) is 0. The van der Waals surface area contributed by atoms with Crippen molar-refractivity contribution in [2.24, 2.45) is 0 Å². The highest BCUT2D eigenvalue weighted by Gasteiger charge is 2.59. The minimum atomic E-state index is -5.91. The first kappa shape index (κ1) is 24.6. The molecule has 0 aliphatic carbocycles. The standard InChI is InChI=1S/C13H16F10O3/c1-3-7(5-10(14,15)12(18,19)20)25-9(24)26-8(4-2)6-11(16,17)13(21,22)23/h7-8H,3-6H2,1-2H3. The second-order valence-corrected chi connectivity index (χ2v) is 5.36. The van der Waals surface area contributed by atoms with E-state index in [1.54, 1.807) is 0 Å². The van der Waals surface area contributed by atoms with Crippen LogP contribution in [0.1, 0.15) is 39.5 Å². The summed E-state index contributed by atoms with van der Waals surface area (Å²) in [5.74, 6) is -10.4. The summed E-state index contributed by atoms with van der Waals surface area (Å²) in [4.78, 5) is 11.4. The van der Waals surface area contributed by atoms with Crippen molar-refractivity contribution in [2.75, 3.05) is 0 Å². The monoisotopic (exact) mass is 410 g/mol. The Hall–Kier alpha value is -1.43. The Balaban J connectivity index is 4.88. The van der Waals surface area contributed by atoms with Gasteiger partial charge in [0.15, 0.2) is 0 Å². The van der Waals surface area contributed by atoms with Crippen molar-refractivity contribution in [3.8, 4) is 0 Å². The number of alkyl halides is 10. The number of carbonyl (C=O) groups is 1. The molecule has 0 amide bonds. The minimum absolute atomic E-state index is 0.504. The molecule has 3 nitrogen and oxygen atoms in total. The number of halogens is 10.